The maximum absolute atomic E-state index is 13.1. The molecule has 1 heterocycles. The Morgan fingerprint density at radius 1 is 1.09 bits per heavy atom. The van der Waals surface area contributed by atoms with E-state index in [-0.39, 0.29) is 11.3 Å². The number of likely N-dealkylation sites (tertiary alicyclic amines) is 1. The summed E-state index contributed by atoms with van der Waals surface area (Å²) < 4.78 is 5.87. The molecule has 0 radical (unpaired) electrons. The van der Waals surface area contributed by atoms with Crippen LogP contribution in [0.5, 0.6) is 5.75 Å². The molecule has 1 amide bonds. The molecule has 1 fully saturated rings. The molecular weight excluding hydrogens is 416 g/mol. The number of aryl methyl sites for hydroxylation is 1. The van der Waals surface area contributed by atoms with Gasteiger partial charge in [0, 0.05) is 12.1 Å². The van der Waals surface area contributed by atoms with Crippen LogP contribution >= 0.6 is 0 Å². The molecule has 1 aliphatic heterocycles. The Bertz CT molecular complexity index is 1010. The van der Waals surface area contributed by atoms with Crippen molar-refractivity contribution in [2.24, 2.45) is 0 Å². The second kappa shape index (κ2) is 11.1. The van der Waals surface area contributed by atoms with Crippen molar-refractivity contribution in [3.63, 3.8) is 0 Å². The number of aliphatic hydroxyl groups is 1. The minimum Gasteiger partial charge on any atom is -0.507 e. The molecule has 1 N–H and O–H groups in total. The quantitative estimate of drug-likeness (QED) is 0.249. The van der Waals surface area contributed by atoms with Crippen LogP contribution in [0.3, 0.4) is 0 Å². The lowest BCUT2D eigenvalue weighted by Crippen LogP contribution is -2.32. The van der Waals surface area contributed by atoms with E-state index < -0.39 is 17.7 Å². The van der Waals surface area contributed by atoms with Crippen LogP contribution in [0.1, 0.15) is 48.9 Å². The lowest BCUT2D eigenvalue weighted by molar-refractivity contribution is -0.139. The number of carbonyl (C=O) groups is 2. The van der Waals surface area contributed by atoms with E-state index in [4.69, 9.17) is 4.74 Å². The molecule has 2 aromatic rings. The van der Waals surface area contributed by atoms with Crippen molar-refractivity contribution >= 4 is 17.4 Å². The van der Waals surface area contributed by atoms with Gasteiger partial charge in [0.05, 0.1) is 18.2 Å². The van der Waals surface area contributed by atoms with Crippen molar-refractivity contribution in [2.75, 3.05) is 33.8 Å². The molecule has 176 valence electrons. The highest BCUT2D eigenvalue weighted by Crippen LogP contribution is 2.40. The maximum Gasteiger partial charge on any atom is 0.295 e. The van der Waals surface area contributed by atoms with Gasteiger partial charge in [-0.25, -0.2) is 0 Å². The number of nitrogens with zero attached hydrogens (tertiary/aromatic N) is 2. The molecule has 6 heteroatoms. The first-order chi connectivity index (χ1) is 15.8. The third-order valence-electron chi connectivity index (χ3n) is 5.81. The predicted molar refractivity (Wildman–Crippen MR) is 130 cm³/mol. The topological polar surface area (TPSA) is 70.1 Å². The highest BCUT2D eigenvalue weighted by atomic mass is 16.5. The molecule has 1 unspecified atom stereocenters. The Hall–Kier alpha value is -3.12. The van der Waals surface area contributed by atoms with Crippen LogP contribution in [0, 0.1) is 6.92 Å². The third kappa shape index (κ3) is 5.82. The fraction of sp³-hybridized carbons (Fsp3) is 0.407. The number of unbranched alkanes of at least 4 members (excludes halogenated alkanes) is 1. The number of benzene rings is 2. The van der Waals surface area contributed by atoms with Gasteiger partial charge in [-0.2, -0.15) is 0 Å². The van der Waals surface area contributed by atoms with E-state index >= 15 is 0 Å². The average Bonchev–Trinajstić information content (AvgIpc) is 3.04. The minimum atomic E-state index is -0.664. The second-order valence-corrected chi connectivity index (χ2v) is 8.79. The van der Waals surface area contributed by atoms with E-state index in [1.165, 1.54) is 0 Å². The first-order valence-electron chi connectivity index (χ1n) is 11.6. The Morgan fingerprint density at radius 3 is 2.48 bits per heavy atom. The van der Waals surface area contributed by atoms with Crippen LogP contribution < -0.4 is 4.74 Å². The number of hydrogen-bond donors (Lipinski definition) is 1. The van der Waals surface area contributed by atoms with Crippen molar-refractivity contribution in [2.45, 2.75) is 39.2 Å². The highest BCUT2D eigenvalue weighted by molar-refractivity contribution is 6.46. The number of ketones is 1. The van der Waals surface area contributed by atoms with E-state index in [0.29, 0.717) is 30.9 Å². The Labute approximate surface area is 196 Å². The standard InChI is InChI=1S/C27H34N2O4/c1-5-6-17-33-22-10-7-9-21(18-22)24-23(25(30)20-13-11-19(2)12-14-20)26(31)27(32)29(24)16-8-15-28(3)4/h7,9-14,18,24,30H,5-6,8,15-17H2,1-4H3/b25-23+. The van der Waals surface area contributed by atoms with Gasteiger partial charge in [-0.05, 0) is 58.1 Å². The van der Waals surface area contributed by atoms with Crippen LogP contribution in [-0.2, 0) is 9.59 Å². The van der Waals surface area contributed by atoms with Crippen molar-refractivity contribution in [1.29, 1.82) is 0 Å². The largest absolute Gasteiger partial charge is 0.507 e. The molecule has 2 aromatic carbocycles. The summed E-state index contributed by atoms with van der Waals surface area (Å²) in [6, 6.07) is 14.1. The monoisotopic (exact) mass is 450 g/mol. The molecule has 6 nitrogen and oxygen atoms in total. The molecule has 0 saturated carbocycles. The second-order valence-electron chi connectivity index (χ2n) is 8.79. The number of hydrogen-bond acceptors (Lipinski definition) is 5. The van der Waals surface area contributed by atoms with Crippen molar-refractivity contribution in [3.05, 3.63) is 70.8 Å². The molecule has 1 aliphatic rings. The van der Waals surface area contributed by atoms with Crippen LogP contribution in [-0.4, -0.2) is 60.4 Å². The number of ether oxygens (including phenoxy) is 1. The zero-order valence-electron chi connectivity index (χ0n) is 20.0. The summed E-state index contributed by atoms with van der Waals surface area (Å²) in [7, 11) is 3.94. The third-order valence-corrected chi connectivity index (χ3v) is 5.81. The summed E-state index contributed by atoms with van der Waals surface area (Å²) in [5, 5.41) is 11.1. The van der Waals surface area contributed by atoms with Gasteiger partial charge >= 0.3 is 0 Å². The van der Waals surface area contributed by atoms with Gasteiger partial charge in [-0.3, -0.25) is 9.59 Å². The maximum atomic E-state index is 13.1. The SMILES string of the molecule is CCCCOc1cccc(C2/C(=C(\O)c3ccc(C)cc3)C(=O)C(=O)N2CCCN(C)C)c1. The lowest BCUT2D eigenvalue weighted by atomic mass is 9.95. The number of amides is 1. The summed E-state index contributed by atoms with van der Waals surface area (Å²) in [5.41, 5.74) is 2.44. The zero-order chi connectivity index (χ0) is 24.0. The number of carbonyl (C=O) groups excluding carboxylic acids is 2. The van der Waals surface area contributed by atoms with Crippen LogP contribution in [0.15, 0.2) is 54.1 Å². The summed E-state index contributed by atoms with van der Waals surface area (Å²) in [6.07, 6.45) is 2.69. The minimum absolute atomic E-state index is 0.124. The van der Waals surface area contributed by atoms with Gasteiger partial charge < -0.3 is 19.6 Å². The van der Waals surface area contributed by atoms with Gasteiger partial charge in [0.15, 0.2) is 0 Å². The van der Waals surface area contributed by atoms with Gasteiger partial charge in [-0.15, -0.1) is 0 Å². The summed E-state index contributed by atoms with van der Waals surface area (Å²) in [6.45, 7) is 5.86. The molecule has 0 spiro atoms. The van der Waals surface area contributed by atoms with E-state index in [9.17, 15) is 14.7 Å². The van der Waals surface area contributed by atoms with Crippen molar-refractivity contribution in [3.8, 4) is 5.75 Å². The van der Waals surface area contributed by atoms with Crippen molar-refractivity contribution < 1.29 is 19.4 Å². The summed E-state index contributed by atoms with van der Waals surface area (Å²) in [4.78, 5) is 29.8. The molecular formula is C27H34N2O4. The molecule has 0 bridgehead atoms. The van der Waals surface area contributed by atoms with Crippen LogP contribution in [0.2, 0.25) is 0 Å². The van der Waals surface area contributed by atoms with E-state index in [1.807, 2.05) is 62.3 Å². The Morgan fingerprint density at radius 2 is 1.82 bits per heavy atom. The van der Waals surface area contributed by atoms with Gasteiger partial charge in [0.2, 0.25) is 0 Å². The average molecular weight is 451 g/mol. The van der Waals surface area contributed by atoms with Crippen molar-refractivity contribution in [1.82, 2.24) is 9.80 Å². The van der Waals surface area contributed by atoms with E-state index in [2.05, 4.69) is 6.92 Å². The molecule has 0 aliphatic carbocycles. The van der Waals surface area contributed by atoms with Gasteiger partial charge in [0.1, 0.15) is 11.5 Å². The number of rotatable bonds is 10. The molecule has 0 aromatic heterocycles. The van der Waals surface area contributed by atoms with E-state index in [0.717, 1.165) is 30.5 Å². The first kappa shape index (κ1) is 24.5. The van der Waals surface area contributed by atoms with Crippen LogP contribution in [0.4, 0.5) is 0 Å². The van der Waals surface area contributed by atoms with Gasteiger partial charge in [0.25, 0.3) is 11.7 Å². The van der Waals surface area contributed by atoms with Gasteiger partial charge in [-0.1, -0.05) is 55.3 Å². The highest BCUT2D eigenvalue weighted by Gasteiger charge is 2.45. The smallest absolute Gasteiger partial charge is 0.295 e. The summed E-state index contributed by atoms with van der Waals surface area (Å²) >= 11 is 0. The number of aliphatic hydroxyl groups excluding tert-OH is 1. The van der Waals surface area contributed by atoms with Crippen LogP contribution in [0.25, 0.3) is 5.76 Å². The fourth-order valence-corrected chi connectivity index (χ4v) is 3.99. The lowest BCUT2D eigenvalue weighted by Gasteiger charge is -2.26. The predicted octanol–water partition coefficient (Wildman–Crippen LogP) is 4.55. The summed E-state index contributed by atoms with van der Waals surface area (Å²) in [5.74, 6) is -0.689. The Balaban J connectivity index is 2.04. The molecule has 33 heavy (non-hydrogen) atoms. The molecule has 1 saturated heterocycles. The Kier molecular flexibility index (Phi) is 8.28. The molecule has 3 rings (SSSR count). The molecule has 1 atom stereocenters. The zero-order valence-corrected chi connectivity index (χ0v) is 20.0. The first-order valence-corrected chi connectivity index (χ1v) is 11.6. The fourth-order valence-electron chi connectivity index (χ4n) is 3.99. The number of Topliss-reactive ketones (excluding diaryl/α,β-unsaturated/α-hetero) is 1. The normalized spacial score (nSPS) is 17.7. The van der Waals surface area contributed by atoms with E-state index in [1.54, 1.807) is 17.0 Å².